The van der Waals surface area contributed by atoms with Crippen LogP contribution in [0.25, 0.3) is 11.0 Å². The van der Waals surface area contributed by atoms with Gasteiger partial charge in [0.15, 0.2) is 0 Å². The van der Waals surface area contributed by atoms with Gasteiger partial charge in [0.1, 0.15) is 5.82 Å². The maximum absolute atomic E-state index is 10.8. The summed E-state index contributed by atoms with van der Waals surface area (Å²) in [5, 5.41) is 0. The Morgan fingerprint density at radius 3 is 2.93 bits per heavy atom. The van der Waals surface area contributed by atoms with Crippen LogP contribution < -0.4 is 5.73 Å². The molecule has 0 bridgehead atoms. The summed E-state index contributed by atoms with van der Waals surface area (Å²) in [6.45, 7) is 1.95. The molecule has 0 aliphatic rings. The molecule has 0 unspecified atom stereocenters. The van der Waals surface area contributed by atoms with Crippen LogP contribution in [0.15, 0.2) is 18.2 Å². The van der Waals surface area contributed by atoms with Crippen LogP contribution in [-0.4, -0.2) is 15.5 Å². The standard InChI is InChI=1S/C11H13N3O/c1-7-13-9-5-8(6-11(12)15)3-4-10(9)14(7)2/h3-5H,6H2,1-2H3,(H2,12,15). The highest BCUT2D eigenvalue weighted by Gasteiger charge is 2.05. The summed E-state index contributed by atoms with van der Waals surface area (Å²) in [5.41, 5.74) is 8.03. The van der Waals surface area contributed by atoms with Gasteiger partial charge in [0.05, 0.1) is 17.5 Å². The third-order valence-corrected chi connectivity index (χ3v) is 2.55. The number of carbonyl (C=O) groups is 1. The lowest BCUT2D eigenvalue weighted by Gasteiger charge is -1.99. The van der Waals surface area contributed by atoms with Crippen molar-refractivity contribution in [3.63, 3.8) is 0 Å². The van der Waals surface area contributed by atoms with E-state index in [9.17, 15) is 4.79 Å². The summed E-state index contributed by atoms with van der Waals surface area (Å²) in [4.78, 5) is 15.2. The number of primary amides is 1. The summed E-state index contributed by atoms with van der Waals surface area (Å²) < 4.78 is 2.02. The molecule has 0 saturated heterocycles. The van der Waals surface area contributed by atoms with Crippen molar-refractivity contribution in [1.29, 1.82) is 0 Å². The average molecular weight is 203 g/mol. The van der Waals surface area contributed by atoms with Gasteiger partial charge in [0.2, 0.25) is 5.91 Å². The summed E-state index contributed by atoms with van der Waals surface area (Å²) in [5.74, 6) is 0.642. The summed E-state index contributed by atoms with van der Waals surface area (Å²) in [7, 11) is 1.97. The first-order chi connectivity index (χ1) is 7.08. The van der Waals surface area contributed by atoms with Crippen molar-refractivity contribution in [2.24, 2.45) is 12.8 Å². The molecule has 0 spiro atoms. The molecule has 2 rings (SSSR count). The molecule has 0 aliphatic carbocycles. The zero-order valence-corrected chi connectivity index (χ0v) is 8.82. The fourth-order valence-electron chi connectivity index (χ4n) is 1.68. The molecule has 1 aromatic carbocycles. The Hall–Kier alpha value is -1.84. The van der Waals surface area contributed by atoms with E-state index in [-0.39, 0.29) is 12.3 Å². The first-order valence-corrected chi connectivity index (χ1v) is 4.78. The average Bonchev–Trinajstić information content (AvgIpc) is 2.41. The molecule has 0 saturated carbocycles. The third-order valence-electron chi connectivity index (χ3n) is 2.55. The van der Waals surface area contributed by atoms with Crippen LogP contribution in [0.5, 0.6) is 0 Å². The van der Waals surface area contributed by atoms with Gasteiger partial charge in [-0.1, -0.05) is 6.07 Å². The van der Waals surface area contributed by atoms with E-state index in [0.717, 1.165) is 22.4 Å². The Morgan fingerprint density at radius 2 is 2.27 bits per heavy atom. The number of benzene rings is 1. The lowest BCUT2D eigenvalue weighted by Crippen LogP contribution is -2.13. The van der Waals surface area contributed by atoms with Crippen LogP contribution in [-0.2, 0) is 18.3 Å². The number of nitrogens with two attached hydrogens (primary N) is 1. The van der Waals surface area contributed by atoms with Crippen LogP contribution in [0, 0.1) is 6.92 Å². The van der Waals surface area contributed by atoms with Crippen molar-refractivity contribution in [2.75, 3.05) is 0 Å². The number of carbonyl (C=O) groups excluding carboxylic acids is 1. The number of aromatic nitrogens is 2. The topological polar surface area (TPSA) is 60.9 Å². The number of aryl methyl sites for hydroxylation is 2. The SMILES string of the molecule is Cc1nc2cc(CC(N)=O)ccc2n1C. The number of fused-ring (bicyclic) bond motifs is 1. The number of hydrogen-bond acceptors (Lipinski definition) is 2. The molecule has 0 atom stereocenters. The second-order valence-electron chi connectivity index (χ2n) is 3.68. The molecule has 0 aliphatic heterocycles. The maximum Gasteiger partial charge on any atom is 0.221 e. The normalized spacial score (nSPS) is 10.8. The minimum Gasteiger partial charge on any atom is -0.369 e. The summed E-state index contributed by atoms with van der Waals surface area (Å²) in [6, 6.07) is 5.79. The summed E-state index contributed by atoms with van der Waals surface area (Å²) in [6.07, 6.45) is 0.269. The van der Waals surface area contributed by atoms with Crippen molar-refractivity contribution in [2.45, 2.75) is 13.3 Å². The monoisotopic (exact) mass is 203 g/mol. The Kier molecular flexibility index (Phi) is 2.19. The largest absolute Gasteiger partial charge is 0.369 e. The fourth-order valence-corrected chi connectivity index (χ4v) is 1.68. The molecule has 2 N–H and O–H groups in total. The molecule has 1 aromatic heterocycles. The van der Waals surface area contributed by atoms with E-state index in [1.54, 1.807) is 0 Å². The van der Waals surface area contributed by atoms with Crippen LogP contribution in [0.4, 0.5) is 0 Å². The molecule has 1 amide bonds. The van der Waals surface area contributed by atoms with Crippen molar-refractivity contribution in [3.8, 4) is 0 Å². The van der Waals surface area contributed by atoms with Crippen molar-refractivity contribution in [1.82, 2.24) is 9.55 Å². The van der Waals surface area contributed by atoms with Gasteiger partial charge in [-0.3, -0.25) is 4.79 Å². The molecule has 4 nitrogen and oxygen atoms in total. The predicted octanol–water partition coefficient (Wildman–Crippen LogP) is 0.910. The molecule has 0 radical (unpaired) electrons. The van der Waals surface area contributed by atoms with Gasteiger partial charge in [0, 0.05) is 7.05 Å². The van der Waals surface area contributed by atoms with Crippen molar-refractivity contribution >= 4 is 16.9 Å². The molecule has 0 fully saturated rings. The highest BCUT2D eigenvalue weighted by atomic mass is 16.1. The van der Waals surface area contributed by atoms with Crippen LogP contribution in [0.3, 0.4) is 0 Å². The van der Waals surface area contributed by atoms with E-state index in [0.29, 0.717) is 0 Å². The van der Waals surface area contributed by atoms with Gasteiger partial charge in [-0.2, -0.15) is 0 Å². The van der Waals surface area contributed by atoms with Gasteiger partial charge < -0.3 is 10.3 Å². The number of rotatable bonds is 2. The molecule has 15 heavy (non-hydrogen) atoms. The van der Waals surface area contributed by atoms with Crippen molar-refractivity contribution in [3.05, 3.63) is 29.6 Å². The first kappa shape index (κ1) is 9.71. The zero-order chi connectivity index (χ0) is 11.0. The second kappa shape index (κ2) is 3.38. The number of hydrogen-bond donors (Lipinski definition) is 1. The molecule has 4 heteroatoms. The maximum atomic E-state index is 10.8. The molecule has 2 aromatic rings. The van der Waals surface area contributed by atoms with E-state index >= 15 is 0 Å². The van der Waals surface area contributed by atoms with Gasteiger partial charge in [-0.15, -0.1) is 0 Å². The molecule has 1 heterocycles. The Morgan fingerprint density at radius 1 is 1.53 bits per heavy atom. The van der Waals surface area contributed by atoms with Gasteiger partial charge in [0.25, 0.3) is 0 Å². The zero-order valence-electron chi connectivity index (χ0n) is 8.82. The van der Waals surface area contributed by atoms with Gasteiger partial charge in [-0.25, -0.2) is 4.98 Å². The summed E-state index contributed by atoms with van der Waals surface area (Å²) >= 11 is 0. The van der Waals surface area contributed by atoms with Gasteiger partial charge >= 0.3 is 0 Å². The van der Waals surface area contributed by atoms with E-state index < -0.39 is 0 Å². The predicted molar refractivity (Wildman–Crippen MR) is 58.3 cm³/mol. The quantitative estimate of drug-likeness (QED) is 0.788. The Balaban J connectivity index is 2.52. The molecule has 78 valence electrons. The fraction of sp³-hybridized carbons (Fsp3) is 0.273. The van der Waals surface area contributed by atoms with E-state index in [1.807, 2.05) is 36.7 Å². The van der Waals surface area contributed by atoms with Gasteiger partial charge in [-0.05, 0) is 24.6 Å². The highest BCUT2D eigenvalue weighted by Crippen LogP contribution is 2.16. The van der Waals surface area contributed by atoms with Crippen molar-refractivity contribution < 1.29 is 4.79 Å². The molecular formula is C11H13N3O. The second-order valence-corrected chi connectivity index (χ2v) is 3.68. The third kappa shape index (κ3) is 1.70. The smallest absolute Gasteiger partial charge is 0.221 e. The van der Waals surface area contributed by atoms with E-state index in [1.165, 1.54) is 0 Å². The minimum absolute atomic E-state index is 0.269. The number of nitrogens with zero attached hydrogens (tertiary/aromatic N) is 2. The lowest BCUT2D eigenvalue weighted by atomic mass is 10.1. The number of imidazole rings is 1. The van der Waals surface area contributed by atoms with E-state index in [2.05, 4.69) is 4.98 Å². The minimum atomic E-state index is -0.318. The lowest BCUT2D eigenvalue weighted by molar-refractivity contribution is -0.117. The van der Waals surface area contributed by atoms with E-state index in [4.69, 9.17) is 5.73 Å². The van der Waals surface area contributed by atoms with Crippen LogP contribution >= 0.6 is 0 Å². The Labute approximate surface area is 87.7 Å². The highest BCUT2D eigenvalue weighted by molar-refractivity contribution is 5.81. The molecular weight excluding hydrogens is 190 g/mol. The Bertz CT molecular complexity index is 528. The van der Waals surface area contributed by atoms with Crippen LogP contribution in [0.2, 0.25) is 0 Å². The number of amides is 1. The van der Waals surface area contributed by atoms with Crippen LogP contribution in [0.1, 0.15) is 11.4 Å². The first-order valence-electron chi connectivity index (χ1n) is 4.78.